The largest absolute Gasteiger partial charge is 0.456 e. The molecule has 2 saturated carbocycles. The third kappa shape index (κ3) is 10.8. The van der Waals surface area contributed by atoms with Crippen LogP contribution >= 0.6 is 0 Å². The maximum atomic E-state index is 14.9. The second-order valence-electron chi connectivity index (χ2n) is 27.3. The number of unbranched alkanes of at least 4 members (excludes halogenated alkanes) is 2. The summed E-state index contributed by atoms with van der Waals surface area (Å²) in [7, 11) is 4.31. The van der Waals surface area contributed by atoms with Crippen LogP contribution in [-0.4, -0.2) is 63.5 Å². The third-order valence-electron chi connectivity index (χ3n) is 21.6. The van der Waals surface area contributed by atoms with E-state index >= 15 is 0 Å². The van der Waals surface area contributed by atoms with Crippen LogP contribution in [0.1, 0.15) is 200 Å². The van der Waals surface area contributed by atoms with Crippen molar-refractivity contribution in [3.05, 3.63) is 224 Å². The molecule has 8 aromatic rings. The van der Waals surface area contributed by atoms with Crippen molar-refractivity contribution in [1.29, 1.82) is 0 Å². The topological polar surface area (TPSA) is 137 Å². The molecule has 2 aliphatic carbocycles. The first-order valence-electron chi connectivity index (χ1n) is 34.8. The van der Waals surface area contributed by atoms with Gasteiger partial charge < -0.3 is 38.2 Å². The number of aryl methyl sites for hydroxylation is 2. The SMILES string of the molecule is CCCCOC(=O)N(c1ccc(C(C)(CC)c2ccc(N(C(=O)OCCCC)c3cc4c(cc3C)Oc3cc(N(C)C5CCCCC5)ccc3C43OC(=O)c4ccccc43)cc2)cc1)c1cc2c(cc1C)Oc1cc(N(C)C3CCCCC3)ccc1C21OC(=O)c2ccccc21. The van der Waals surface area contributed by atoms with Crippen LogP contribution in [0.5, 0.6) is 23.0 Å². The highest BCUT2D eigenvalue weighted by Crippen LogP contribution is 2.60. The van der Waals surface area contributed by atoms with E-state index in [0.717, 1.165) is 72.2 Å². The first-order chi connectivity index (χ1) is 46.6. The molecule has 2 amide bonds. The Labute approximate surface area is 564 Å². The second kappa shape index (κ2) is 25.9. The van der Waals surface area contributed by atoms with Crippen LogP contribution in [0.3, 0.4) is 0 Å². The van der Waals surface area contributed by atoms with Gasteiger partial charge in [-0.3, -0.25) is 0 Å². The van der Waals surface area contributed by atoms with E-state index in [1.165, 1.54) is 38.5 Å². The molecule has 2 atom stereocenters. The lowest BCUT2D eigenvalue weighted by Gasteiger charge is -2.39. The van der Waals surface area contributed by atoms with Gasteiger partial charge in [0.25, 0.3) is 0 Å². The van der Waals surface area contributed by atoms with Crippen LogP contribution < -0.4 is 29.1 Å². The number of amides is 2. The van der Waals surface area contributed by atoms with Gasteiger partial charge in [-0.1, -0.05) is 140 Å². The van der Waals surface area contributed by atoms with Crippen LogP contribution in [0.15, 0.2) is 158 Å². The van der Waals surface area contributed by atoms with Gasteiger partial charge in [-0.25, -0.2) is 29.0 Å². The molecule has 2 unspecified atom stereocenters. The first kappa shape index (κ1) is 63.8. The van der Waals surface area contributed by atoms with Crippen LogP contribution in [0.2, 0.25) is 0 Å². The maximum absolute atomic E-state index is 14.9. The van der Waals surface area contributed by atoms with Crippen molar-refractivity contribution in [1.82, 2.24) is 0 Å². The molecule has 0 bridgehead atoms. The highest BCUT2D eigenvalue weighted by Gasteiger charge is 2.56. The van der Waals surface area contributed by atoms with Gasteiger partial charge in [-0.05, 0) is 166 Å². The average Bonchev–Trinajstić information content (AvgIpc) is 1.44. The fourth-order valence-corrected chi connectivity index (χ4v) is 15.8. The molecule has 8 aromatic carbocycles. The van der Waals surface area contributed by atoms with Crippen molar-refractivity contribution in [3.8, 4) is 23.0 Å². The molecule has 494 valence electrons. The van der Waals surface area contributed by atoms with Crippen molar-refractivity contribution in [2.75, 3.05) is 46.9 Å². The number of anilines is 6. The Morgan fingerprint density at radius 2 is 0.844 bits per heavy atom. The quantitative estimate of drug-likeness (QED) is 0.0487. The molecule has 4 aliphatic heterocycles. The number of ether oxygens (including phenoxy) is 6. The molecule has 14 rings (SSSR count). The number of rotatable bonds is 17. The van der Waals surface area contributed by atoms with Crippen molar-refractivity contribution in [2.45, 2.75) is 167 Å². The number of carbonyl (C=O) groups is 4. The summed E-state index contributed by atoms with van der Waals surface area (Å²) in [4.78, 5) is 66.0. The van der Waals surface area contributed by atoms with Gasteiger partial charge in [0.1, 0.15) is 23.0 Å². The highest BCUT2D eigenvalue weighted by atomic mass is 16.6. The zero-order chi connectivity index (χ0) is 66.6. The van der Waals surface area contributed by atoms with Gasteiger partial charge in [-0.15, -0.1) is 0 Å². The molecule has 2 spiro atoms. The minimum atomic E-state index is -1.38. The lowest BCUT2D eigenvalue weighted by Crippen LogP contribution is -2.35. The Bertz CT molecular complexity index is 4050. The van der Waals surface area contributed by atoms with Crippen LogP contribution in [-0.2, 0) is 35.6 Å². The van der Waals surface area contributed by atoms with Gasteiger partial charge >= 0.3 is 24.1 Å². The monoisotopic (exact) mass is 1290 g/mol. The highest BCUT2D eigenvalue weighted by molar-refractivity contribution is 6.01. The molecule has 96 heavy (non-hydrogen) atoms. The van der Waals surface area contributed by atoms with Gasteiger partial charge in [-0.2, -0.15) is 0 Å². The van der Waals surface area contributed by atoms with Crippen LogP contribution in [0, 0.1) is 13.8 Å². The van der Waals surface area contributed by atoms with E-state index in [-0.39, 0.29) is 13.2 Å². The number of fused-ring (bicyclic) bond motifs is 12. The summed E-state index contributed by atoms with van der Waals surface area (Å²) in [6.45, 7) is 12.9. The molecule has 4 heterocycles. The minimum absolute atomic E-state index is 0.230. The van der Waals surface area contributed by atoms with E-state index < -0.39 is 40.7 Å². The zero-order valence-corrected chi connectivity index (χ0v) is 56.6. The summed E-state index contributed by atoms with van der Waals surface area (Å²) in [5, 5.41) is 0. The van der Waals surface area contributed by atoms with E-state index in [4.69, 9.17) is 28.4 Å². The Morgan fingerprint density at radius 3 is 1.23 bits per heavy atom. The third-order valence-corrected chi connectivity index (χ3v) is 21.6. The Morgan fingerprint density at radius 1 is 0.469 bits per heavy atom. The van der Waals surface area contributed by atoms with E-state index in [1.807, 2.05) is 111 Å². The molecule has 0 aromatic heterocycles. The van der Waals surface area contributed by atoms with Gasteiger partial charge in [0.05, 0.1) is 47.1 Å². The lowest BCUT2D eigenvalue weighted by atomic mass is 9.74. The van der Waals surface area contributed by atoms with Crippen LogP contribution in [0.25, 0.3) is 0 Å². The molecule has 2 fully saturated rings. The molecule has 0 radical (unpaired) electrons. The number of nitrogens with zero attached hydrogens (tertiary/aromatic N) is 4. The van der Waals surface area contributed by atoms with Gasteiger partial charge in [0.15, 0.2) is 11.2 Å². The summed E-state index contributed by atoms with van der Waals surface area (Å²) >= 11 is 0. The fraction of sp³-hybridized carbons (Fsp3) is 0.366. The van der Waals surface area contributed by atoms with Gasteiger partial charge in [0, 0.05) is 88.5 Å². The lowest BCUT2D eigenvalue weighted by molar-refractivity contribution is 0.0214. The molecular weight excluding hydrogens is 1200 g/mol. The maximum Gasteiger partial charge on any atom is 0.418 e. The van der Waals surface area contributed by atoms with Crippen LogP contribution in [0.4, 0.5) is 43.7 Å². The summed E-state index contributed by atoms with van der Waals surface area (Å²) in [6, 6.07) is 52.2. The smallest absolute Gasteiger partial charge is 0.418 e. The number of hydrogen-bond donors (Lipinski definition) is 0. The molecule has 0 saturated heterocycles. The Kier molecular flexibility index (Phi) is 17.2. The predicted octanol–water partition coefficient (Wildman–Crippen LogP) is 19.8. The van der Waals surface area contributed by atoms with Crippen molar-refractivity contribution in [3.63, 3.8) is 0 Å². The minimum Gasteiger partial charge on any atom is -0.456 e. The normalized spacial score (nSPS) is 18.8. The second-order valence-corrected chi connectivity index (χ2v) is 27.3. The predicted molar refractivity (Wildman–Crippen MR) is 376 cm³/mol. The molecule has 14 nitrogen and oxygen atoms in total. The number of hydrogen-bond acceptors (Lipinski definition) is 12. The molecule has 6 aliphatic rings. The number of benzene rings is 8. The summed E-state index contributed by atoms with van der Waals surface area (Å²) in [5.74, 6) is 1.41. The van der Waals surface area contributed by atoms with E-state index in [0.29, 0.717) is 122 Å². The summed E-state index contributed by atoms with van der Waals surface area (Å²) in [6.07, 6.45) is 14.5. The number of esters is 2. The summed E-state index contributed by atoms with van der Waals surface area (Å²) in [5.41, 5.74) is 9.48. The Balaban J connectivity index is 0.809. The Hall–Kier alpha value is -9.56. The molecular formula is C82H86N4O10. The van der Waals surface area contributed by atoms with E-state index in [9.17, 15) is 19.2 Å². The first-order valence-corrected chi connectivity index (χ1v) is 34.8. The summed E-state index contributed by atoms with van der Waals surface area (Å²) < 4.78 is 39.5. The van der Waals surface area contributed by atoms with Crippen molar-refractivity contribution >= 4 is 58.2 Å². The fourth-order valence-electron chi connectivity index (χ4n) is 15.8. The molecule has 0 N–H and O–H groups in total. The standard InChI is InChI=1S/C82H86N4O10/c1-9-12-44-91-78(89)85(70-50-68-72(46-52(70)4)93-74-48-60(83(7)56-24-16-14-17-25-56)40-42-66(74)81(68)64-30-22-20-28-62(64)76(87)95-81)58-36-32-54(33-37-58)80(6,11-3)55-34-38-59(39-35-55)86(79(90)92-45-13-10-2)71-51-69-73(47-53(71)5)94-75-49-61(84(8)57-26-18-15-19-27-57)41-43-67(75)82(69)65-31-23-21-29-63(65)77(88)96-82/h20-23,28-43,46-51,56-57H,9-19,24-27,44-45H2,1-8H3. The molecule has 14 heteroatoms. The van der Waals surface area contributed by atoms with E-state index in [1.54, 1.807) is 21.9 Å². The van der Waals surface area contributed by atoms with Crippen molar-refractivity contribution < 1.29 is 47.6 Å². The van der Waals surface area contributed by atoms with Crippen molar-refractivity contribution in [2.24, 2.45) is 0 Å². The average molecular weight is 1290 g/mol. The van der Waals surface area contributed by atoms with Gasteiger partial charge in [0.2, 0.25) is 0 Å². The number of carbonyl (C=O) groups excluding carboxylic acids is 4. The van der Waals surface area contributed by atoms with E-state index in [2.05, 4.69) is 100 Å². The zero-order valence-electron chi connectivity index (χ0n) is 56.6.